The maximum absolute atomic E-state index is 13.3. The highest BCUT2D eigenvalue weighted by Gasteiger charge is 2.15. The SMILES string of the molecule is C=CCn1c(C)cc(-c2csc(NC(=O)c3ccc(F)c(F)c3)n2)c1C. The van der Waals surface area contributed by atoms with E-state index in [0.29, 0.717) is 11.7 Å². The molecule has 2 heterocycles. The van der Waals surface area contributed by atoms with Gasteiger partial charge in [0.1, 0.15) is 0 Å². The Morgan fingerprint density at radius 3 is 2.77 bits per heavy atom. The summed E-state index contributed by atoms with van der Waals surface area (Å²) in [5.74, 6) is -2.60. The van der Waals surface area contributed by atoms with Crippen molar-refractivity contribution in [2.24, 2.45) is 0 Å². The molecule has 0 saturated heterocycles. The maximum Gasteiger partial charge on any atom is 0.257 e. The number of anilines is 1. The van der Waals surface area contributed by atoms with Crippen LogP contribution in [0.2, 0.25) is 0 Å². The average Bonchev–Trinajstić information content (AvgIpc) is 3.17. The van der Waals surface area contributed by atoms with Crippen LogP contribution >= 0.6 is 11.3 Å². The monoisotopic (exact) mass is 373 g/mol. The lowest BCUT2D eigenvalue weighted by molar-refractivity contribution is 0.102. The van der Waals surface area contributed by atoms with Crippen molar-refractivity contribution in [3.05, 3.63) is 70.9 Å². The third-order valence-electron chi connectivity index (χ3n) is 4.07. The lowest BCUT2D eigenvalue weighted by Crippen LogP contribution is -2.12. The van der Waals surface area contributed by atoms with Gasteiger partial charge in [-0.2, -0.15) is 0 Å². The summed E-state index contributed by atoms with van der Waals surface area (Å²) >= 11 is 1.27. The molecule has 0 atom stereocenters. The van der Waals surface area contributed by atoms with Gasteiger partial charge in [0, 0.05) is 34.4 Å². The molecule has 2 aromatic heterocycles. The number of thiazole rings is 1. The van der Waals surface area contributed by atoms with E-state index in [1.807, 2.05) is 31.4 Å². The molecule has 3 aromatic rings. The lowest BCUT2D eigenvalue weighted by atomic mass is 10.2. The standard InChI is InChI=1S/C19H17F2N3OS/c1-4-7-24-11(2)8-14(12(24)3)17-10-26-19(22-17)23-18(25)13-5-6-15(20)16(21)9-13/h4-6,8-10H,1,7H2,2-3H3,(H,22,23,25). The molecule has 0 unspecified atom stereocenters. The van der Waals surface area contributed by atoms with Gasteiger partial charge in [0.2, 0.25) is 0 Å². The van der Waals surface area contributed by atoms with Crippen molar-refractivity contribution in [2.75, 3.05) is 5.32 Å². The highest BCUT2D eigenvalue weighted by atomic mass is 32.1. The molecular formula is C19H17F2N3OS. The van der Waals surface area contributed by atoms with Crippen molar-refractivity contribution in [2.45, 2.75) is 20.4 Å². The molecule has 4 nitrogen and oxygen atoms in total. The number of nitrogens with zero attached hydrogens (tertiary/aromatic N) is 2. The van der Waals surface area contributed by atoms with Gasteiger partial charge in [0.25, 0.3) is 5.91 Å². The summed E-state index contributed by atoms with van der Waals surface area (Å²) in [4.78, 5) is 16.6. The van der Waals surface area contributed by atoms with Gasteiger partial charge in [0.05, 0.1) is 5.69 Å². The van der Waals surface area contributed by atoms with Crippen LogP contribution in [0, 0.1) is 25.5 Å². The number of rotatable bonds is 5. The molecule has 0 saturated carbocycles. The topological polar surface area (TPSA) is 46.9 Å². The Balaban J connectivity index is 1.82. The maximum atomic E-state index is 13.3. The van der Waals surface area contributed by atoms with Gasteiger partial charge in [-0.25, -0.2) is 13.8 Å². The molecule has 0 aliphatic carbocycles. The van der Waals surface area contributed by atoms with Crippen LogP contribution in [0.1, 0.15) is 21.7 Å². The summed E-state index contributed by atoms with van der Waals surface area (Å²) in [6, 6.07) is 5.05. The van der Waals surface area contributed by atoms with E-state index in [-0.39, 0.29) is 5.56 Å². The summed E-state index contributed by atoms with van der Waals surface area (Å²) in [6.45, 7) is 8.49. The molecule has 1 aromatic carbocycles. The molecule has 3 rings (SSSR count). The van der Waals surface area contributed by atoms with Crippen molar-refractivity contribution < 1.29 is 13.6 Å². The number of amides is 1. The van der Waals surface area contributed by atoms with Crippen LogP contribution in [-0.2, 0) is 6.54 Å². The van der Waals surface area contributed by atoms with Crippen molar-refractivity contribution in [1.29, 1.82) is 0 Å². The number of hydrogen-bond acceptors (Lipinski definition) is 3. The van der Waals surface area contributed by atoms with Gasteiger partial charge < -0.3 is 4.57 Å². The Labute approximate surface area is 153 Å². The second kappa shape index (κ2) is 7.21. The number of aromatic nitrogens is 2. The van der Waals surface area contributed by atoms with E-state index >= 15 is 0 Å². The van der Waals surface area contributed by atoms with E-state index in [0.717, 1.165) is 34.8 Å². The number of aryl methyl sites for hydroxylation is 1. The van der Waals surface area contributed by atoms with Crippen molar-refractivity contribution in [3.63, 3.8) is 0 Å². The predicted octanol–water partition coefficient (Wildman–Crippen LogP) is 4.94. The first kappa shape index (κ1) is 18.0. The lowest BCUT2D eigenvalue weighted by Gasteiger charge is -2.05. The molecule has 0 fully saturated rings. The highest BCUT2D eigenvalue weighted by Crippen LogP contribution is 2.30. The first-order chi connectivity index (χ1) is 12.4. The number of allylic oxidation sites excluding steroid dienone is 1. The molecule has 0 radical (unpaired) electrons. The average molecular weight is 373 g/mol. The van der Waals surface area contributed by atoms with E-state index in [1.54, 1.807) is 0 Å². The smallest absolute Gasteiger partial charge is 0.257 e. The van der Waals surface area contributed by atoms with Gasteiger partial charge >= 0.3 is 0 Å². The number of nitrogens with one attached hydrogen (secondary N) is 1. The molecule has 0 aliphatic heterocycles. The fourth-order valence-electron chi connectivity index (χ4n) is 2.73. The Hall–Kier alpha value is -2.80. The van der Waals surface area contributed by atoms with Gasteiger partial charge in [-0.1, -0.05) is 6.08 Å². The Morgan fingerprint density at radius 2 is 2.08 bits per heavy atom. The number of carbonyl (C=O) groups is 1. The molecular weight excluding hydrogens is 356 g/mol. The number of benzene rings is 1. The minimum Gasteiger partial charge on any atom is -0.345 e. The summed E-state index contributed by atoms with van der Waals surface area (Å²) in [5.41, 5.74) is 3.92. The molecule has 0 bridgehead atoms. The zero-order chi connectivity index (χ0) is 18.8. The van der Waals surface area contributed by atoms with Crippen LogP contribution in [-0.4, -0.2) is 15.5 Å². The molecule has 0 aliphatic rings. The molecule has 1 amide bonds. The van der Waals surface area contributed by atoms with Crippen LogP contribution < -0.4 is 5.32 Å². The van der Waals surface area contributed by atoms with Gasteiger partial charge in [-0.3, -0.25) is 10.1 Å². The second-order valence-electron chi connectivity index (χ2n) is 5.80. The third-order valence-corrected chi connectivity index (χ3v) is 4.83. The number of halogens is 2. The first-order valence-corrected chi connectivity index (χ1v) is 8.78. The van der Waals surface area contributed by atoms with E-state index < -0.39 is 17.5 Å². The summed E-state index contributed by atoms with van der Waals surface area (Å²) in [6.07, 6.45) is 1.83. The van der Waals surface area contributed by atoms with Crippen molar-refractivity contribution in [3.8, 4) is 11.3 Å². The molecule has 1 N–H and O–H groups in total. The molecule has 134 valence electrons. The summed E-state index contributed by atoms with van der Waals surface area (Å²) in [7, 11) is 0. The predicted molar refractivity (Wildman–Crippen MR) is 99.5 cm³/mol. The zero-order valence-corrected chi connectivity index (χ0v) is 15.2. The fourth-order valence-corrected chi connectivity index (χ4v) is 3.44. The minimum absolute atomic E-state index is 0.0322. The zero-order valence-electron chi connectivity index (χ0n) is 14.3. The molecule has 7 heteroatoms. The van der Waals surface area contributed by atoms with Gasteiger partial charge in [-0.15, -0.1) is 17.9 Å². The molecule has 0 spiro atoms. The third kappa shape index (κ3) is 3.43. The summed E-state index contributed by atoms with van der Waals surface area (Å²) < 4.78 is 28.4. The van der Waals surface area contributed by atoms with Crippen molar-refractivity contribution in [1.82, 2.24) is 9.55 Å². The normalized spacial score (nSPS) is 10.8. The van der Waals surface area contributed by atoms with Crippen LogP contribution in [0.15, 0.2) is 42.3 Å². The van der Waals surface area contributed by atoms with Gasteiger partial charge in [0.15, 0.2) is 16.8 Å². The Bertz CT molecular complexity index is 991. The summed E-state index contributed by atoms with van der Waals surface area (Å²) in [5, 5.41) is 4.86. The van der Waals surface area contributed by atoms with Crippen LogP contribution in [0.4, 0.5) is 13.9 Å². The van der Waals surface area contributed by atoms with Crippen LogP contribution in [0.3, 0.4) is 0 Å². The number of carbonyl (C=O) groups excluding carboxylic acids is 1. The van der Waals surface area contributed by atoms with Crippen LogP contribution in [0.5, 0.6) is 0 Å². The van der Waals surface area contributed by atoms with E-state index in [9.17, 15) is 13.6 Å². The van der Waals surface area contributed by atoms with E-state index in [4.69, 9.17) is 0 Å². The first-order valence-electron chi connectivity index (χ1n) is 7.90. The second-order valence-corrected chi connectivity index (χ2v) is 6.66. The van der Waals surface area contributed by atoms with E-state index in [1.165, 1.54) is 17.4 Å². The Morgan fingerprint density at radius 1 is 1.31 bits per heavy atom. The minimum atomic E-state index is -1.06. The largest absolute Gasteiger partial charge is 0.345 e. The number of hydrogen-bond donors (Lipinski definition) is 1. The fraction of sp³-hybridized carbons (Fsp3) is 0.158. The highest BCUT2D eigenvalue weighted by molar-refractivity contribution is 7.14. The quantitative estimate of drug-likeness (QED) is 0.644. The van der Waals surface area contributed by atoms with Crippen molar-refractivity contribution >= 4 is 22.4 Å². The van der Waals surface area contributed by atoms with E-state index in [2.05, 4.69) is 21.4 Å². The van der Waals surface area contributed by atoms with Crippen LogP contribution in [0.25, 0.3) is 11.3 Å². The molecule has 26 heavy (non-hydrogen) atoms. The van der Waals surface area contributed by atoms with Gasteiger partial charge in [-0.05, 0) is 38.1 Å². The Kier molecular flexibility index (Phi) is 4.99.